The summed E-state index contributed by atoms with van der Waals surface area (Å²) in [6.07, 6.45) is 2.44. The number of nitro groups is 1. The Bertz CT molecular complexity index is 604. The number of hydrogen-bond acceptors (Lipinski definition) is 5. The number of anilines is 1. The molecule has 3 heterocycles. The summed E-state index contributed by atoms with van der Waals surface area (Å²) < 4.78 is 1.72. The number of thiophene rings is 1. The second-order valence-electron chi connectivity index (χ2n) is 4.30. The van der Waals surface area contributed by atoms with Crippen LogP contribution in [-0.4, -0.2) is 21.0 Å². The third-order valence-corrected chi connectivity index (χ3v) is 4.19. The van der Waals surface area contributed by atoms with E-state index in [1.807, 2.05) is 4.90 Å². The molecule has 0 aliphatic carbocycles. The zero-order valence-electron chi connectivity index (χ0n) is 9.87. The Morgan fingerprint density at radius 2 is 2.39 bits per heavy atom. The Labute approximate surface area is 108 Å². The molecular weight excluding hydrogens is 252 g/mol. The molecule has 0 radical (unpaired) electrons. The predicted octanol–water partition coefficient (Wildman–Crippen LogP) is 1.95. The number of nitrogens with zero attached hydrogens (tertiary/aromatic N) is 4. The van der Waals surface area contributed by atoms with Gasteiger partial charge in [0.25, 0.3) is 0 Å². The molecule has 18 heavy (non-hydrogen) atoms. The van der Waals surface area contributed by atoms with E-state index in [1.165, 1.54) is 16.8 Å². The van der Waals surface area contributed by atoms with Crippen LogP contribution in [0.15, 0.2) is 17.8 Å². The lowest BCUT2D eigenvalue weighted by atomic mass is 10.1. The van der Waals surface area contributed by atoms with Gasteiger partial charge in [0, 0.05) is 25.0 Å². The van der Waals surface area contributed by atoms with Crippen molar-refractivity contribution < 1.29 is 4.92 Å². The van der Waals surface area contributed by atoms with Crippen LogP contribution in [0.3, 0.4) is 0 Å². The lowest BCUT2D eigenvalue weighted by Crippen LogP contribution is -2.31. The third-order valence-electron chi connectivity index (χ3n) is 3.17. The van der Waals surface area contributed by atoms with Gasteiger partial charge in [-0.25, -0.2) is 0 Å². The molecule has 1 aliphatic heterocycles. The highest BCUT2D eigenvalue weighted by Crippen LogP contribution is 2.32. The molecule has 94 valence electrons. The molecule has 2 aromatic rings. The molecule has 0 atom stereocenters. The Hall–Kier alpha value is -1.89. The Morgan fingerprint density at radius 3 is 3.17 bits per heavy atom. The fraction of sp³-hybridized carbons (Fsp3) is 0.364. The minimum atomic E-state index is -0.418. The molecule has 6 nitrogen and oxygen atoms in total. The molecule has 0 amide bonds. The molecule has 0 saturated heterocycles. The lowest BCUT2D eigenvalue weighted by Gasteiger charge is -2.27. The standard InChI is InChI=1S/C11H12N4O2S/c1-13-7-12-10(15(16)17)11(13)14-4-2-9-8(6-14)3-5-18-9/h3,5,7H,2,4,6H2,1H3. The van der Waals surface area contributed by atoms with Crippen LogP contribution in [0, 0.1) is 10.1 Å². The number of imidazole rings is 1. The van der Waals surface area contributed by atoms with Gasteiger partial charge in [-0.15, -0.1) is 11.3 Å². The van der Waals surface area contributed by atoms with Gasteiger partial charge in [0.05, 0.1) is 0 Å². The van der Waals surface area contributed by atoms with Gasteiger partial charge >= 0.3 is 5.82 Å². The molecule has 0 spiro atoms. The van der Waals surface area contributed by atoms with E-state index in [-0.39, 0.29) is 5.82 Å². The molecule has 3 rings (SSSR count). The van der Waals surface area contributed by atoms with Crippen molar-refractivity contribution in [1.82, 2.24) is 9.55 Å². The summed E-state index contributed by atoms with van der Waals surface area (Å²) >= 11 is 1.76. The topological polar surface area (TPSA) is 64.2 Å². The van der Waals surface area contributed by atoms with Crippen molar-refractivity contribution in [2.75, 3.05) is 11.4 Å². The van der Waals surface area contributed by atoms with Gasteiger partial charge in [-0.2, -0.15) is 0 Å². The first-order valence-corrected chi connectivity index (χ1v) is 6.50. The average molecular weight is 264 g/mol. The van der Waals surface area contributed by atoms with Crippen LogP contribution in [0.1, 0.15) is 10.4 Å². The van der Waals surface area contributed by atoms with Crippen LogP contribution in [0.5, 0.6) is 0 Å². The second-order valence-corrected chi connectivity index (χ2v) is 5.30. The van der Waals surface area contributed by atoms with E-state index >= 15 is 0 Å². The SMILES string of the molecule is Cn1cnc([N+](=O)[O-])c1N1CCc2sccc2C1. The average Bonchev–Trinajstić information content (AvgIpc) is 2.93. The number of fused-ring (bicyclic) bond motifs is 1. The molecule has 1 aliphatic rings. The van der Waals surface area contributed by atoms with Gasteiger partial charge in [-0.05, 0) is 33.3 Å². The summed E-state index contributed by atoms with van der Waals surface area (Å²) in [5.74, 6) is 0.535. The second kappa shape index (κ2) is 4.09. The van der Waals surface area contributed by atoms with Crippen molar-refractivity contribution in [2.45, 2.75) is 13.0 Å². The summed E-state index contributed by atoms with van der Waals surface area (Å²) in [6, 6.07) is 2.09. The minimum Gasteiger partial charge on any atom is -0.358 e. The molecular formula is C11H12N4O2S. The maximum absolute atomic E-state index is 11.0. The number of hydrogen-bond donors (Lipinski definition) is 0. The van der Waals surface area contributed by atoms with Crippen molar-refractivity contribution in [3.63, 3.8) is 0 Å². The van der Waals surface area contributed by atoms with Crippen molar-refractivity contribution in [1.29, 1.82) is 0 Å². The third kappa shape index (κ3) is 1.67. The van der Waals surface area contributed by atoms with E-state index in [1.54, 1.807) is 23.0 Å². The molecule has 2 aromatic heterocycles. The summed E-state index contributed by atoms with van der Waals surface area (Å²) in [5.41, 5.74) is 1.27. The maximum atomic E-state index is 11.0. The van der Waals surface area contributed by atoms with E-state index in [0.717, 1.165) is 19.5 Å². The fourth-order valence-electron chi connectivity index (χ4n) is 2.33. The Kier molecular flexibility index (Phi) is 2.55. The first-order chi connectivity index (χ1) is 8.66. The zero-order valence-corrected chi connectivity index (χ0v) is 10.7. The van der Waals surface area contributed by atoms with E-state index in [4.69, 9.17) is 0 Å². The zero-order chi connectivity index (χ0) is 12.7. The van der Waals surface area contributed by atoms with Crippen molar-refractivity contribution in [3.8, 4) is 0 Å². The molecule has 7 heteroatoms. The Morgan fingerprint density at radius 1 is 1.56 bits per heavy atom. The minimum absolute atomic E-state index is 0.0591. The monoisotopic (exact) mass is 264 g/mol. The van der Waals surface area contributed by atoms with Crippen LogP contribution in [0.2, 0.25) is 0 Å². The first-order valence-electron chi connectivity index (χ1n) is 5.62. The van der Waals surface area contributed by atoms with Crippen LogP contribution in [0.25, 0.3) is 0 Å². The summed E-state index contributed by atoms with van der Waals surface area (Å²) in [6.45, 7) is 1.52. The smallest absolute Gasteiger partial charge is 0.358 e. The predicted molar refractivity (Wildman–Crippen MR) is 68.9 cm³/mol. The molecule has 0 saturated carbocycles. The van der Waals surface area contributed by atoms with Crippen molar-refractivity contribution >= 4 is 23.0 Å². The van der Waals surface area contributed by atoms with Crippen molar-refractivity contribution in [2.24, 2.45) is 7.05 Å². The van der Waals surface area contributed by atoms with E-state index in [9.17, 15) is 10.1 Å². The highest BCUT2D eigenvalue weighted by atomic mass is 32.1. The van der Waals surface area contributed by atoms with E-state index in [2.05, 4.69) is 16.4 Å². The van der Waals surface area contributed by atoms with Crippen LogP contribution in [0.4, 0.5) is 11.6 Å². The van der Waals surface area contributed by atoms with E-state index < -0.39 is 4.92 Å². The highest BCUT2D eigenvalue weighted by Gasteiger charge is 2.28. The van der Waals surface area contributed by atoms with Crippen LogP contribution < -0.4 is 4.90 Å². The van der Waals surface area contributed by atoms with E-state index in [0.29, 0.717) is 5.82 Å². The molecule has 0 N–H and O–H groups in total. The highest BCUT2D eigenvalue weighted by molar-refractivity contribution is 7.10. The number of aromatic nitrogens is 2. The number of aryl methyl sites for hydroxylation is 1. The summed E-state index contributed by atoms with van der Waals surface area (Å²) in [4.78, 5) is 17.8. The molecule has 0 fully saturated rings. The molecule has 0 bridgehead atoms. The van der Waals surface area contributed by atoms with Crippen LogP contribution >= 0.6 is 11.3 Å². The molecule has 0 aromatic carbocycles. The lowest BCUT2D eigenvalue weighted by molar-refractivity contribution is -0.388. The van der Waals surface area contributed by atoms with Gasteiger partial charge in [0.15, 0.2) is 0 Å². The van der Waals surface area contributed by atoms with Gasteiger partial charge in [-0.3, -0.25) is 4.57 Å². The summed E-state index contributed by atoms with van der Waals surface area (Å²) in [7, 11) is 1.79. The fourth-order valence-corrected chi connectivity index (χ4v) is 3.22. The van der Waals surface area contributed by atoms with Gasteiger partial charge in [-0.1, -0.05) is 0 Å². The van der Waals surface area contributed by atoms with Crippen LogP contribution in [-0.2, 0) is 20.0 Å². The maximum Gasteiger partial charge on any atom is 0.406 e. The Balaban J connectivity index is 1.97. The van der Waals surface area contributed by atoms with Gasteiger partial charge in [0.1, 0.15) is 0 Å². The first kappa shape index (κ1) is 11.2. The molecule has 0 unspecified atom stereocenters. The van der Waals surface area contributed by atoms with Crippen molar-refractivity contribution in [3.05, 3.63) is 38.3 Å². The van der Waals surface area contributed by atoms with Gasteiger partial charge in [0.2, 0.25) is 12.1 Å². The largest absolute Gasteiger partial charge is 0.406 e. The number of rotatable bonds is 2. The summed E-state index contributed by atoms with van der Waals surface area (Å²) in [5, 5.41) is 13.1. The quantitative estimate of drug-likeness (QED) is 0.614. The van der Waals surface area contributed by atoms with Gasteiger partial charge < -0.3 is 15.0 Å². The normalized spacial score (nSPS) is 14.6.